The third kappa shape index (κ3) is 3.50. The van der Waals surface area contributed by atoms with Crippen LogP contribution in [-0.4, -0.2) is 34.6 Å². The first kappa shape index (κ1) is 14.4. The summed E-state index contributed by atoms with van der Waals surface area (Å²) in [5.74, 6) is -0.690. The van der Waals surface area contributed by atoms with E-state index in [1.165, 1.54) is 4.90 Å². The van der Waals surface area contributed by atoms with Gasteiger partial charge in [-0.3, -0.25) is 4.79 Å². The Hall–Kier alpha value is -2.04. The molecular weight excluding hydrogens is 256 g/mol. The molecule has 108 valence electrons. The fourth-order valence-electron chi connectivity index (χ4n) is 2.20. The number of anilines is 1. The van der Waals surface area contributed by atoms with Gasteiger partial charge in [0.1, 0.15) is 6.54 Å². The highest BCUT2D eigenvalue weighted by Gasteiger charge is 2.34. The maximum Gasteiger partial charge on any atom is 0.323 e. The van der Waals surface area contributed by atoms with Gasteiger partial charge in [-0.25, -0.2) is 4.79 Å². The first-order chi connectivity index (χ1) is 9.49. The largest absolute Gasteiger partial charge is 0.480 e. The van der Waals surface area contributed by atoms with Crippen LogP contribution in [0.3, 0.4) is 0 Å². The second kappa shape index (κ2) is 5.94. The second-order valence-corrected chi connectivity index (χ2v) is 5.42. The molecule has 2 amide bonds. The lowest BCUT2D eigenvalue weighted by molar-refractivity contribution is -0.137. The van der Waals surface area contributed by atoms with Crippen molar-refractivity contribution in [3.63, 3.8) is 0 Å². The molecule has 5 nitrogen and oxygen atoms in total. The monoisotopic (exact) mass is 276 g/mol. The molecule has 0 spiro atoms. The predicted octanol–water partition coefficient (Wildman–Crippen LogP) is 2.89. The Morgan fingerprint density at radius 2 is 2.00 bits per heavy atom. The Morgan fingerprint density at radius 3 is 2.55 bits per heavy atom. The van der Waals surface area contributed by atoms with Crippen molar-refractivity contribution >= 4 is 17.7 Å². The molecule has 20 heavy (non-hydrogen) atoms. The van der Waals surface area contributed by atoms with Gasteiger partial charge in [0.05, 0.1) is 0 Å². The number of rotatable bonds is 5. The van der Waals surface area contributed by atoms with Gasteiger partial charge in [-0.1, -0.05) is 32.0 Å². The lowest BCUT2D eigenvalue weighted by Gasteiger charge is -2.22. The highest BCUT2D eigenvalue weighted by molar-refractivity contribution is 5.92. The average molecular weight is 276 g/mol. The number of nitrogens with zero attached hydrogens (tertiary/aromatic N) is 1. The molecule has 1 aliphatic rings. The fraction of sp³-hybridized carbons (Fsp3) is 0.467. The van der Waals surface area contributed by atoms with Crippen LogP contribution in [0.15, 0.2) is 24.3 Å². The number of nitrogens with one attached hydrogen (secondary N) is 1. The van der Waals surface area contributed by atoms with Crippen LogP contribution in [0.2, 0.25) is 0 Å². The minimum Gasteiger partial charge on any atom is -0.480 e. The van der Waals surface area contributed by atoms with E-state index < -0.39 is 5.97 Å². The number of hydrogen-bond donors (Lipinski definition) is 2. The van der Waals surface area contributed by atoms with E-state index in [-0.39, 0.29) is 18.6 Å². The molecule has 1 aromatic rings. The number of urea groups is 1. The SMILES string of the molecule is CC(C)c1ccccc1NC(=O)N(CC(=O)O)C1CC1. The van der Waals surface area contributed by atoms with Gasteiger partial charge in [0.15, 0.2) is 0 Å². The van der Waals surface area contributed by atoms with Crippen molar-refractivity contribution in [1.29, 1.82) is 0 Å². The highest BCUT2D eigenvalue weighted by atomic mass is 16.4. The Balaban J connectivity index is 2.12. The Labute approximate surface area is 118 Å². The molecule has 2 rings (SSSR count). The number of carbonyl (C=O) groups is 2. The molecule has 1 saturated carbocycles. The van der Waals surface area contributed by atoms with Gasteiger partial charge in [0.2, 0.25) is 0 Å². The van der Waals surface area contributed by atoms with Crippen LogP contribution in [0.25, 0.3) is 0 Å². The van der Waals surface area contributed by atoms with E-state index in [4.69, 9.17) is 5.11 Å². The van der Waals surface area contributed by atoms with Gasteiger partial charge in [0, 0.05) is 11.7 Å². The van der Waals surface area contributed by atoms with Crippen LogP contribution in [0.1, 0.15) is 38.2 Å². The van der Waals surface area contributed by atoms with E-state index >= 15 is 0 Å². The molecule has 0 saturated heterocycles. The molecule has 1 fully saturated rings. The number of aliphatic carboxylic acids is 1. The summed E-state index contributed by atoms with van der Waals surface area (Å²) >= 11 is 0. The number of carboxylic acid groups (broad SMARTS) is 1. The number of carbonyl (C=O) groups excluding carboxylic acids is 1. The van der Waals surface area contributed by atoms with E-state index in [1.54, 1.807) is 0 Å². The molecule has 1 aliphatic carbocycles. The van der Waals surface area contributed by atoms with E-state index in [2.05, 4.69) is 19.2 Å². The molecule has 0 aromatic heterocycles. The molecule has 5 heteroatoms. The zero-order chi connectivity index (χ0) is 14.7. The molecule has 2 N–H and O–H groups in total. The molecular formula is C15H20N2O3. The standard InChI is InChI=1S/C15H20N2O3/c1-10(2)12-5-3-4-6-13(12)16-15(20)17(9-14(18)19)11-7-8-11/h3-6,10-11H,7-9H2,1-2H3,(H,16,20)(H,18,19). The summed E-state index contributed by atoms with van der Waals surface area (Å²) in [5.41, 5.74) is 1.80. The van der Waals surface area contributed by atoms with Crippen LogP contribution in [0, 0.1) is 0 Å². The molecule has 0 heterocycles. The van der Waals surface area contributed by atoms with Crippen LogP contribution in [0.5, 0.6) is 0 Å². The zero-order valence-corrected chi connectivity index (χ0v) is 11.8. The summed E-state index contributed by atoms with van der Waals surface area (Å²) in [5, 5.41) is 11.7. The lowest BCUT2D eigenvalue weighted by atomic mass is 10.0. The van der Waals surface area contributed by atoms with Crippen LogP contribution in [-0.2, 0) is 4.79 Å². The van der Waals surface area contributed by atoms with Gasteiger partial charge >= 0.3 is 12.0 Å². The number of hydrogen-bond acceptors (Lipinski definition) is 2. The Morgan fingerprint density at radius 1 is 1.35 bits per heavy atom. The van der Waals surface area contributed by atoms with Crippen molar-refractivity contribution in [3.05, 3.63) is 29.8 Å². The van der Waals surface area contributed by atoms with Gasteiger partial charge < -0.3 is 15.3 Å². The van der Waals surface area contributed by atoms with Crippen molar-refractivity contribution < 1.29 is 14.7 Å². The first-order valence-corrected chi connectivity index (χ1v) is 6.87. The topological polar surface area (TPSA) is 69.6 Å². The Kier molecular flexibility index (Phi) is 4.27. The molecule has 0 radical (unpaired) electrons. The summed E-state index contributed by atoms with van der Waals surface area (Å²) in [6.45, 7) is 3.86. The van der Waals surface area contributed by atoms with E-state index in [0.29, 0.717) is 5.92 Å². The van der Waals surface area contributed by atoms with Crippen molar-refractivity contribution in [2.24, 2.45) is 0 Å². The Bertz CT molecular complexity index is 510. The average Bonchev–Trinajstić information content (AvgIpc) is 3.20. The third-order valence-electron chi connectivity index (χ3n) is 3.38. The summed E-state index contributed by atoms with van der Waals surface area (Å²) in [4.78, 5) is 24.5. The van der Waals surface area contributed by atoms with Crippen LogP contribution < -0.4 is 5.32 Å². The smallest absolute Gasteiger partial charge is 0.323 e. The molecule has 0 atom stereocenters. The lowest BCUT2D eigenvalue weighted by Crippen LogP contribution is -2.40. The van der Waals surface area contributed by atoms with Crippen molar-refractivity contribution in [3.8, 4) is 0 Å². The fourth-order valence-corrected chi connectivity index (χ4v) is 2.20. The van der Waals surface area contributed by atoms with E-state index in [0.717, 1.165) is 24.1 Å². The normalized spacial score (nSPS) is 14.2. The van der Waals surface area contributed by atoms with E-state index in [1.807, 2.05) is 24.3 Å². The minimum absolute atomic E-state index is 0.0670. The summed E-state index contributed by atoms with van der Waals surface area (Å²) in [6.07, 6.45) is 1.76. The molecule has 0 aliphatic heterocycles. The number of amides is 2. The zero-order valence-electron chi connectivity index (χ0n) is 11.8. The maximum absolute atomic E-state index is 12.3. The minimum atomic E-state index is -0.982. The van der Waals surface area contributed by atoms with Crippen molar-refractivity contribution in [2.75, 3.05) is 11.9 Å². The van der Waals surface area contributed by atoms with Gasteiger partial charge in [-0.2, -0.15) is 0 Å². The predicted molar refractivity (Wildman–Crippen MR) is 76.9 cm³/mol. The quantitative estimate of drug-likeness (QED) is 0.868. The van der Waals surface area contributed by atoms with Crippen LogP contribution >= 0.6 is 0 Å². The van der Waals surface area contributed by atoms with Crippen molar-refractivity contribution in [1.82, 2.24) is 4.90 Å². The van der Waals surface area contributed by atoms with Crippen LogP contribution in [0.4, 0.5) is 10.5 Å². The summed E-state index contributed by atoms with van der Waals surface area (Å²) in [7, 11) is 0. The first-order valence-electron chi connectivity index (χ1n) is 6.87. The van der Waals surface area contributed by atoms with Gasteiger partial charge in [0.25, 0.3) is 0 Å². The number of benzene rings is 1. The maximum atomic E-state index is 12.3. The molecule has 0 unspecified atom stereocenters. The second-order valence-electron chi connectivity index (χ2n) is 5.42. The van der Waals surface area contributed by atoms with Crippen molar-refractivity contribution in [2.45, 2.75) is 38.6 Å². The highest BCUT2D eigenvalue weighted by Crippen LogP contribution is 2.28. The number of carboxylic acids is 1. The van der Waals surface area contributed by atoms with E-state index in [9.17, 15) is 9.59 Å². The molecule has 0 bridgehead atoms. The summed E-state index contributed by atoms with van der Waals surface area (Å²) in [6, 6.07) is 7.35. The van der Waals surface area contributed by atoms with Gasteiger partial charge in [-0.05, 0) is 30.4 Å². The molecule has 1 aromatic carbocycles. The van der Waals surface area contributed by atoms with Gasteiger partial charge in [-0.15, -0.1) is 0 Å². The third-order valence-corrected chi connectivity index (χ3v) is 3.38. The summed E-state index contributed by atoms with van der Waals surface area (Å²) < 4.78 is 0. The number of para-hydroxylation sites is 1.